The van der Waals surface area contributed by atoms with Crippen LogP contribution in [0.15, 0.2) is 115 Å². The van der Waals surface area contributed by atoms with E-state index in [0.717, 1.165) is 27.9 Å². The van der Waals surface area contributed by atoms with E-state index in [4.69, 9.17) is 18.9 Å². The van der Waals surface area contributed by atoms with E-state index in [0.29, 0.717) is 26.4 Å². The fourth-order valence-electron chi connectivity index (χ4n) is 5.79. The maximum atomic E-state index is 6.90. The molecule has 0 bridgehead atoms. The summed E-state index contributed by atoms with van der Waals surface area (Å²) in [6.45, 7) is 4.01. The monoisotopic (exact) mass is 547 g/mol. The molecule has 41 heavy (non-hydrogen) atoms. The topological polar surface area (TPSA) is 41.9 Å². The van der Waals surface area contributed by atoms with Gasteiger partial charge in [0.2, 0.25) is 0 Å². The fourth-order valence-corrected chi connectivity index (χ4v) is 5.79. The first-order valence-corrected chi connectivity index (χ1v) is 14.3. The molecule has 210 valence electrons. The molecule has 2 heterocycles. The molecule has 5 nitrogen and oxygen atoms in total. The van der Waals surface area contributed by atoms with E-state index in [1.165, 1.54) is 10.9 Å². The lowest BCUT2D eigenvalue weighted by Crippen LogP contribution is -2.37. The zero-order valence-corrected chi connectivity index (χ0v) is 23.7. The van der Waals surface area contributed by atoms with Gasteiger partial charge in [0, 0.05) is 29.2 Å². The summed E-state index contributed by atoms with van der Waals surface area (Å²) in [6.07, 6.45) is -1.26. The molecule has 5 aromatic rings. The number of aromatic nitrogens is 1. The Balaban J connectivity index is 1.33. The molecule has 1 saturated heterocycles. The van der Waals surface area contributed by atoms with E-state index >= 15 is 0 Å². The number of hydrogen-bond acceptors (Lipinski definition) is 4. The molecule has 1 aromatic heterocycles. The van der Waals surface area contributed by atoms with Crippen LogP contribution in [0.4, 0.5) is 0 Å². The van der Waals surface area contributed by atoms with Gasteiger partial charge in [0.25, 0.3) is 0 Å². The van der Waals surface area contributed by atoms with Crippen molar-refractivity contribution in [3.05, 3.63) is 143 Å². The van der Waals surface area contributed by atoms with Crippen molar-refractivity contribution in [2.75, 3.05) is 6.61 Å². The van der Waals surface area contributed by atoms with Gasteiger partial charge in [0.1, 0.15) is 24.4 Å². The summed E-state index contributed by atoms with van der Waals surface area (Å²) in [4.78, 5) is 0. The fraction of sp³-hybridized carbons (Fsp3) is 0.278. The number of ether oxygens (including phenoxy) is 4. The highest BCUT2D eigenvalue weighted by Crippen LogP contribution is 2.43. The number of fused-ring (bicyclic) bond motifs is 1. The van der Waals surface area contributed by atoms with Gasteiger partial charge in [-0.15, -0.1) is 0 Å². The molecule has 0 N–H and O–H groups in total. The molecule has 0 saturated carbocycles. The van der Waals surface area contributed by atoms with Gasteiger partial charge in [0.15, 0.2) is 0 Å². The Morgan fingerprint density at radius 1 is 0.634 bits per heavy atom. The normalized spacial score (nSPS) is 20.5. The third-order valence-corrected chi connectivity index (χ3v) is 8.01. The van der Waals surface area contributed by atoms with Crippen LogP contribution in [-0.2, 0) is 45.8 Å². The van der Waals surface area contributed by atoms with Crippen molar-refractivity contribution >= 4 is 10.9 Å². The third-order valence-electron chi connectivity index (χ3n) is 8.01. The maximum Gasteiger partial charge on any atom is 0.117 e. The molecule has 1 aliphatic rings. The molecule has 6 rings (SSSR count). The highest BCUT2D eigenvalue weighted by Gasteiger charge is 2.48. The molecule has 0 spiro atoms. The minimum Gasteiger partial charge on any atom is -0.374 e. The molecule has 1 fully saturated rings. The van der Waals surface area contributed by atoms with Gasteiger partial charge in [-0.1, -0.05) is 109 Å². The van der Waals surface area contributed by atoms with Gasteiger partial charge in [-0.05, 0) is 29.7 Å². The second-order valence-corrected chi connectivity index (χ2v) is 10.7. The van der Waals surface area contributed by atoms with Gasteiger partial charge >= 0.3 is 0 Å². The van der Waals surface area contributed by atoms with Crippen molar-refractivity contribution in [1.82, 2.24) is 4.57 Å². The van der Waals surface area contributed by atoms with Crippen molar-refractivity contribution in [2.24, 2.45) is 7.05 Å². The zero-order valence-electron chi connectivity index (χ0n) is 23.7. The molecule has 4 aromatic carbocycles. The minimum atomic E-state index is -0.325. The predicted octanol–water partition coefficient (Wildman–Crippen LogP) is 7.31. The molecular formula is C36H37NO4. The van der Waals surface area contributed by atoms with Crippen LogP contribution in [0.5, 0.6) is 0 Å². The first-order chi connectivity index (χ1) is 20.2. The SMILES string of the molecule is Cc1c([C@@H]2O[C@H](COCc3ccccc3)C(OCc3ccccc3)C2OCc2ccccc2)c2ccccc2n1C. The van der Waals surface area contributed by atoms with Crippen LogP contribution in [0, 0.1) is 6.92 Å². The number of nitrogens with zero attached hydrogens (tertiary/aromatic N) is 1. The third kappa shape index (κ3) is 6.14. The van der Waals surface area contributed by atoms with E-state index < -0.39 is 0 Å². The summed E-state index contributed by atoms with van der Waals surface area (Å²) in [5.74, 6) is 0. The van der Waals surface area contributed by atoms with Gasteiger partial charge in [-0.3, -0.25) is 0 Å². The van der Waals surface area contributed by atoms with Crippen molar-refractivity contribution in [3.63, 3.8) is 0 Å². The predicted molar refractivity (Wildman–Crippen MR) is 161 cm³/mol. The average molecular weight is 548 g/mol. The summed E-state index contributed by atoms with van der Waals surface area (Å²) in [5.41, 5.74) is 6.85. The number of aryl methyl sites for hydroxylation is 1. The highest BCUT2D eigenvalue weighted by atomic mass is 16.6. The summed E-state index contributed by atoms with van der Waals surface area (Å²) in [5, 5.41) is 1.18. The summed E-state index contributed by atoms with van der Waals surface area (Å²) in [7, 11) is 2.11. The lowest BCUT2D eigenvalue weighted by Gasteiger charge is -2.25. The molecule has 0 amide bonds. The Morgan fingerprint density at radius 2 is 1.15 bits per heavy atom. The molecular weight excluding hydrogens is 510 g/mol. The Morgan fingerprint density at radius 3 is 1.76 bits per heavy atom. The number of hydrogen-bond donors (Lipinski definition) is 0. The van der Waals surface area contributed by atoms with Gasteiger partial charge in [-0.25, -0.2) is 0 Å². The first-order valence-electron chi connectivity index (χ1n) is 14.3. The Labute approximate surface area is 242 Å². The quantitative estimate of drug-likeness (QED) is 0.174. The smallest absolute Gasteiger partial charge is 0.117 e. The van der Waals surface area contributed by atoms with Gasteiger partial charge in [0.05, 0.1) is 26.4 Å². The molecule has 2 unspecified atom stereocenters. The van der Waals surface area contributed by atoms with E-state index in [1.807, 2.05) is 54.6 Å². The average Bonchev–Trinajstić information content (AvgIpc) is 3.49. The standard InChI is InChI=1S/C36H37NO4/c1-26-33(30-20-12-13-21-31(30)37(26)2)35-36(40-24-29-18-10-5-11-19-29)34(39-23-28-16-8-4-9-17-28)32(41-35)25-38-22-27-14-6-3-7-15-27/h3-21,32,34-36H,22-25H2,1-2H3/t32-,34?,35+,36?/m1/s1. The van der Waals surface area contributed by atoms with E-state index in [9.17, 15) is 0 Å². The van der Waals surface area contributed by atoms with Crippen LogP contribution in [0.3, 0.4) is 0 Å². The van der Waals surface area contributed by atoms with Crippen LogP contribution in [-0.4, -0.2) is 29.5 Å². The van der Waals surface area contributed by atoms with E-state index in [-0.39, 0.29) is 24.4 Å². The lowest BCUT2D eigenvalue weighted by atomic mass is 9.98. The Hall–Kier alpha value is -3.74. The number of rotatable bonds is 11. The molecule has 0 radical (unpaired) electrons. The highest BCUT2D eigenvalue weighted by molar-refractivity contribution is 5.86. The van der Waals surface area contributed by atoms with Crippen molar-refractivity contribution in [1.29, 1.82) is 0 Å². The van der Waals surface area contributed by atoms with Crippen molar-refractivity contribution in [3.8, 4) is 0 Å². The first kappa shape index (κ1) is 27.4. The van der Waals surface area contributed by atoms with Crippen LogP contribution in [0.1, 0.15) is 34.1 Å². The van der Waals surface area contributed by atoms with Gasteiger partial charge < -0.3 is 23.5 Å². The Kier molecular flexibility index (Phi) is 8.59. The summed E-state index contributed by atoms with van der Waals surface area (Å²) < 4.78 is 28.8. The zero-order chi connectivity index (χ0) is 28.0. The second-order valence-electron chi connectivity index (χ2n) is 10.7. The molecule has 1 aliphatic heterocycles. The second kappa shape index (κ2) is 12.8. The summed E-state index contributed by atoms with van der Waals surface area (Å²) >= 11 is 0. The number of benzene rings is 4. The van der Waals surface area contributed by atoms with Crippen LogP contribution in [0.25, 0.3) is 10.9 Å². The van der Waals surface area contributed by atoms with E-state index in [2.05, 4.69) is 79.2 Å². The molecule has 4 atom stereocenters. The van der Waals surface area contributed by atoms with Crippen molar-refractivity contribution in [2.45, 2.75) is 51.2 Å². The molecule has 0 aliphatic carbocycles. The molecule has 5 heteroatoms. The Bertz CT molecular complexity index is 1530. The maximum absolute atomic E-state index is 6.90. The van der Waals surface area contributed by atoms with Gasteiger partial charge in [-0.2, -0.15) is 0 Å². The largest absolute Gasteiger partial charge is 0.374 e. The minimum absolute atomic E-state index is 0.299. The van der Waals surface area contributed by atoms with E-state index in [1.54, 1.807) is 0 Å². The number of para-hydroxylation sites is 1. The van der Waals surface area contributed by atoms with Crippen LogP contribution >= 0.6 is 0 Å². The van der Waals surface area contributed by atoms with Crippen molar-refractivity contribution < 1.29 is 18.9 Å². The van der Waals surface area contributed by atoms with Crippen LogP contribution in [0.2, 0.25) is 0 Å². The lowest BCUT2D eigenvalue weighted by molar-refractivity contribution is -0.0898. The summed E-state index contributed by atoms with van der Waals surface area (Å²) in [6, 6.07) is 39.3. The van der Waals surface area contributed by atoms with Crippen LogP contribution < -0.4 is 0 Å².